The molecule has 0 saturated carbocycles. The fourth-order valence-electron chi connectivity index (χ4n) is 3.69. The Labute approximate surface area is 156 Å². The van der Waals surface area contributed by atoms with Crippen LogP contribution in [-0.2, 0) is 11.2 Å². The standard InChI is InChI=1S/C18H29N5O.ClH/c1-3-15-11-17(21-12-20-15)23-8-5-16(6-9-23)22-18(24)14-4-7-19-13(2)10-14;/h11-14,16,19H,3-10H2,1-2H3,(H,22,24);1H/t13-,14-;/m0./s1. The first kappa shape index (κ1) is 19.9. The molecule has 2 atom stereocenters. The highest BCUT2D eigenvalue weighted by molar-refractivity contribution is 5.85. The van der Waals surface area contributed by atoms with Gasteiger partial charge in [0.2, 0.25) is 5.91 Å². The Bertz CT molecular complexity index is 562. The van der Waals surface area contributed by atoms with Crippen molar-refractivity contribution < 1.29 is 4.79 Å². The molecule has 25 heavy (non-hydrogen) atoms. The maximum atomic E-state index is 12.5. The van der Waals surface area contributed by atoms with E-state index in [2.05, 4.69) is 45.4 Å². The average molecular weight is 368 g/mol. The van der Waals surface area contributed by atoms with Crippen LogP contribution < -0.4 is 15.5 Å². The molecule has 6 nitrogen and oxygen atoms in total. The number of halogens is 1. The van der Waals surface area contributed by atoms with Crippen LogP contribution in [0, 0.1) is 5.92 Å². The van der Waals surface area contributed by atoms with Crippen molar-refractivity contribution in [3.63, 3.8) is 0 Å². The third-order valence-corrected chi connectivity index (χ3v) is 5.23. The lowest BCUT2D eigenvalue weighted by atomic mass is 9.92. The van der Waals surface area contributed by atoms with E-state index in [1.807, 2.05) is 0 Å². The van der Waals surface area contributed by atoms with Crippen molar-refractivity contribution in [2.24, 2.45) is 5.92 Å². The number of anilines is 1. The monoisotopic (exact) mass is 367 g/mol. The fourth-order valence-corrected chi connectivity index (χ4v) is 3.69. The first-order chi connectivity index (χ1) is 11.7. The quantitative estimate of drug-likeness (QED) is 0.851. The van der Waals surface area contributed by atoms with Crippen LogP contribution in [0.4, 0.5) is 5.82 Å². The Hall–Kier alpha value is -1.40. The second kappa shape index (κ2) is 9.34. The van der Waals surface area contributed by atoms with Gasteiger partial charge in [0.15, 0.2) is 0 Å². The number of amides is 1. The van der Waals surface area contributed by atoms with E-state index < -0.39 is 0 Å². The second-order valence-corrected chi connectivity index (χ2v) is 7.07. The van der Waals surface area contributed by atoms with Crippen LogP contribution in [0.3, 0.4) is 0 Å². The van der Waals surface area contributed by atoms with Crippen molar-refractivity contribution in [1.82, 2.24) is 20.6 Å². The van der Waals surface area contributed by atoms with Gasteiger partial charge in [0.1, 0.15) is 12.1 Å². The Balaban J connectivity index is 0.00000225. The van der Waals surface area contributed by atoms with E-state index in [0.717, 1.165) is 63.3 Å². The van der Waals surface area contributed by atoms with Crippen molar-refractivity contribution in [3.8, 4) is 0 Å². The Kier molecular flexibility index (Phi) is 7.44. The molecule has 140 valence electrons. The van der Waals surface area contributed by atoms with Gasteiger partial charge in [0.05, 0.1) is 0 Å². The highest BCUT2D eigenvalue weighted by Gasteiger charge is 2.28. The Morgan fingerprint density at radius 1 is 1.32 bits per heavy atom. The number of rotatable bonds is 4. The smallest absolute Gasteiger partial charge is 0.223 e. The summed E-state index contributed by atoms with van der Waals surface area (Å²) in [5.74, 6) is 1.43. The summed E-state index contributed by atoms with van der Waals surface area (Å²) in [7, 11) is 0. The summed E-state index contributed by atoms with van der Waals surface area (Å²) in [6, 6.07) is 2.82. The maximum Gasteiger partial charge on any atom is 0.223 e. The largest absolute Gasteiger partial charge is 0.356 e. The number of carbonyl (C=O) groups excluding carboxylic acids is 1. The molecule has 0 aromatic carbocycles. The normalized spacial score (nSPS) is 24.5. The lowest BCUT2D eigenvalue weighted by Crippen LogP contribution is -2.49. The molecule has 2 aliphatic rings. The van der Waals surface area contributed by atoms with Crippen LogP contribution in [0.15, 0.2) is 12.4 Å². The van der Waals surface area contributed by atoms with Crippen LogP contribution in [0.1, 0.15) is 45.2 Å². The zero-order valence-electron chi connectivity index (χ0n) is 15.2. The van der Waals surface area contributed by atoms with E-state index in [1.54, 1.807) is 6.33 Å². The van der Waals surface area contributed by atoms with E-state index in [9.17, 15) is 4.79 Å². The predicted octanol–water partition coefficient (Wildman–Crippen LogP) is 1.93. The molecular formula is C18H30ClN5O. The van der Waals surface area contributed by atoms with Gasteiger partial charge in [0, 0.05) is 42.9 Å². The molecule has 2 saturated heterocycles. The molecule has 7 heteroatoms. The molecular weight excluding hydrogens is 338 g/mol. The van der Waals surface area contributed by atoms with Gasteiger partial charge in [-0.25, -0.2) is 9.97 Å². The van der Waals surface area contributed by atoms with Gasteiger partial charge in [-0.05, 0) is 45.6 Å². The van der Waals surface area contributed by atoms with Crippen molar-refractivity contribution in [1.29, 1.82) is 0 Å². The minimum Gasteiger partial charge on any atom is -0.356 e. The van der Waals surface area contributed by atoms with Crippen LogP contribution >= 0.6 is 12.4 Å². The summed E-state index contributed by atoms with van der Waals surface area (Å²) in [4.78, 5) is 23.4. The van der Waals surface area contributed by atoms with Crippen LogP contribution in [0.2, 0.25) is 0 Å². The molecule has 2 aliphatic heterocycles. The molecule has 0 spiro atoms. The molecule has 2 fully saturated rings. The second-order valence-electron chi connectivity index (χ2n) is 7.07. The molecule has 0 bridgehead atoms. The average Bonchev–Trinajstić information content (AvgIpc) is 2.62. The number of hydrogen-bond acceptors (Lipinski definition) is 5. The molecule has 1 aromatic heterocycles. The third kappa shape index (κ3) is 5.28. The summed E-state index contributed by atoms with van der Waals surface area (Å²) in [6.45, 7) is 7.09. The van der Waals surface area contributed by atoms with E-state index in [-0.39, 0.29) is 24.2 Å². The zero-order chi connectivity index (χ0) is 16.9. The highest BCUT2D eigenvalue weighted by Crippen LogP contribution is 2.20. The first-order valence-electron chi connectivity index (χ1n) is 9.25. The molecule has 1 amide bonds. The van der Waals surface area contributed by atoms with Gasteiger partial charge < -0.3 is 15.5 Å². The number of piperidine rings is 2. The van der Waals surface area contributed by atoms with Gasteiger partial charge >= 0.3 is 0 Å². The van der Waals surface area contributed by atoms with Crippen LogP contribution in [0.5, 0.6) is 0 Å². The van der Waals surface area contributed by atoms with Crippen LogP contribution in [0.25, 0.3) is 0 Å². The van der Waals surface area contributed by atoms with Gasteiger partial charge in [0.25, 0.3) is 0 Å². The lowest BCUT2D eigenvalue weighted by molar-refractivity contribution is -0.126. The number of hydrogen-bond donors (Lipinski definition) is 2. The Morgan fingerprint density at radius 2 is 2.08 bits per heavy atom. The van der Waals surface area contributed by atoms with Crippen molar-refractivity contribution >= 4 is 24.1 Å². The van der Waals surface area contributed by atoms with Crippen molar-refractivity contribution in [3.05, 3.63) is 18.1 Å². The first-order valence-corrected chi connectivity index (χ1v) is 9.25. The third-order valence-electron chi connectivity index (χ3n) is 5.23. The molecule has 3 heterocycles. The number of nitrogens with one attached hydrogen (secondary N) is 2. The molecule has 0 radical (unpaired) electrons. The molecule has 1 aromatic rings. The van der Waals surface area contributed by atoms with Crippen molar-refractivity contribution in [2.45, 2.75) is 58.0 Å². The van der Waals surface area contributed by atoms with E-state index in [1.165, 1.54) is 0 Å². The number of carbonyl (C=O) groups is 1. The number of aromatic nitrogens is 2. The van der Waals surface area contributed by atoms with Gasteiger partial charge in [-0.15, -0.1) is 12.4 Å². The molecule has 2 N–H and O–H groups in total. The minimum atomic E-state index is 0. The van der Waals surface area contributed by atoms with E-state index in [0.29, 0.717) is 12.1 Å². The number of aryl methyl sites for hydroxylation is 1. The zero-order valence-corrected chi connectivity index (χ0v) is 16.0. The van der Waals surface area contributed by atoms with Gasteiger partial charge in [-0.3, -0.25) is 4.79 Å². The summed E-state index contributed by atoms with van der Waals surface area (Å²) < 4.78 is 0. The summed E-state index contributed by atoms with van der Waals surface area (Å²) in [5, 5.41) is 6.68. The molecule has 0 unspecified atom stereocenters. The van der Waals surface area contributed by atoms with Gasteiger partial charge in [-0.1, -0.05) is 6.92 Å². The van der Waals surface area contributed by atoms with Gasteiger partial charge in [-0.2, -0.15) is 0 Å². The summed E-state index contributed by atoms with van der Waals surface area (Å²) >= 11 is 0. The maximum absolute atomic E-state index is 12.5. The molecule has 3 rings (SSSR count). The highest BCUT2D eigenvalue weighted by atomic mass is 35.5. The fraction of sp³-hybridized carbons (Fsp3) is 0.722. The predicted molar refractivity (Wildman–Crippen MR) is 102 cm³/mol. The van der Waals surface area contributed by atoms with E-state index in [4.69, 9.17) is 0 Å². The lowest BCUT2D eigenvalue weighted by Gasteiger charge is -2.34. The van der Waals surface area contributed by atoms with E-state index >= 15 is 0 Å². The minimum absolute atomic E-state index is 0. The number of nitrogens with zero attached hydrogens (tertiary/aromatic N) is 3. The topological polar surface area (TPSA) is 70.2 Å². The Morgan fingerprint density at radius 3 is 2.76 bits per heavy atom. The van der Waals surface area contributed by atoms with Crippen molar-refractivity contribution in [2.75, 3.05) is 24.5 Å². The summed E-state index contributed by atoms with van der Waals surface area (Å²) in [5.41, 5.74) is 1.08. The summed E-state index contributed by atoms with van der Waals surface area (Å²) in [6.07, 6.45) is 6.45. The SMILES string of the molecule is CCc1cc(N2CCC(NC(=O)[C@H]3CCN[C@@H](C)C3)CC2)ncn1.Cl. The van der Waals surface area contributed by atoms with Crippen LogP contribution in [-0.4, -0.2) is 47.6 Å². The molecule has 0 aliphatic carbocycles.